The van der Waals surface area contributed by atoms with E-state index >= 15 is 0 Å². The van der Waals surface area contributed by atoms with Crippen LogP contribution in [0.2, 0.25) is 0 Å². The highest BCUT2D eigenvalue weighted by Gasteiger charge is 2.14. The molecule has 0 fully saturated rings. The van der Waals surface area contributed by atoms with E-state index < -0.39 is 5.97 Å². The third kappa shape index (κ3) is 2.22. The second-order valence-corrected chi connectivity index (χ2v) is 5.50. The summed E-state index contributed by atoms with van der Waals surface area (Å²) >= 11 is 1.43. The molecule has 1 aromatic carbocycles. The molecule has 0 aliphatic heterocycles. The Kier molecular flexibility index (Phi) is 2.79. The lowest BCUT2D eigenvalue weighted by Crippen LogP contribution is -1.99. The van der Waals surface area contributed by atoms with Gasteiger partial charge in [-0.15, -0.1) is 11.3 Å². The standard InChI is InChI=1S/C13H11N3O2S/c1-7-16-13(11(19-7)5-12(17)18)8-2-3-9-10(4-8)15-6-14-9/h2-4,6H,5H2,1H3,(H,14,15)(H,17,18). The summed E-state index contributed by atoms with van der Waals surface area (Å²) in [4.78, 5) is 23.3. The van der Waals surface area contributed by atoms with Gasteiger partial charge >= 0.3 is 5.97 Å². The third-order valence-electron chi connectivity index (χ3n) is 2.81. The van der Waals surface area contributed by atoms with Crippen LogP contribution < -0.4 is 0 Å². The molecule has 19 heavy (non-hydrogen) atoms. The molecule has 2 heterocycles. The molecule has 0 spiro atoms. The van der Waals surface area contributed by atoms with Crippen molar-refractivity contribution in [2.45, 2.75) is 13.3 Å². The molecule has 0 aliphatic rings. The average Bonchev–Trinajstić information content (AvgIpc) is 2.93. The van der Waals surface area contributed by atoms with Gasteiger partial charge in [0.2, 0.25) is 0 Å². The van der Waals surface area contributed by atoms with Gasteiger partial charge in [-0.2, -0.15) is 0 Å². The summed E-state index contributed by atoms with van der Waals surface area (Å²) in [7, 11) is 0. The van der Waals surface area contributed by atoms with Crippen LogP contribution in [-0.2, 0) is 11.2 Å². The Morgan fingerprint density at radius 1 is 1.47 bits per heavy atom. The number of nitrogens with one attached hydrogen (secondary N) is 1. The largest absolute Gasteiger partial charge is 0.481 e. The first-order valence-corrected chi connectivity index (χ1v) is 6.57. The lowest BCUT2D eigenvalue weighted by Gasteiger charge is -2.00. The van der Waals surface area contributed by atoms with Crippen molar-refractivity contribution < 1.29 is 9.90 Å². The number of benzene rings is 1. The van der Waals surface area contributed by atoms with Crippen LogP contribution in [-0.4, -0.2) is 26.0 Å². The van der Waals surface area contributed by atoms with Gasteiger partial charge in [0.1, 0.15) is 0 Å². The molecule has 0 unspecified atom stereocenters. The lowest BCUT2D eigenvalue weighted by molar-refractivity contribution is -0.136. The van der Waals surface area contributed by atoms with Crippen molar-refractivity contribution in [3.05, 3.63) is 34.4 Å². The number of imidazole rings is 1. The molecular formula is C13H11N3O2S. The Labute approximate surface area is 113 Å². The topological polar surface area (TPSA) is 78.9 Å². The zero-order valence-electron chi connectivity index (χ0n) is 10.2. The first kappa shape index (κ1) is 11.9. The molecule has 96 valence electrons. The van der Waals surface area contributed by atoms with Gasteiger partial charge in [-0.25, -0.2) is 9.97 Å². The molecule has 0 saturated carbocycles. The van der Waals surface area contributed by atoms with Crippen molar-refractivity contribution in [2.24, 2.45) is 0 Å². The number of aromatic amines is 1. The molecule has 0 amide bonds. The first-order chi connectivity index (χ1) is 9.13. The zero-order chi connectivity index (χ0) is 13.4. The van der Waals surface area contributed by atoms with Crippen LogP contribution in [0, 0.1) is 6.92 Å². The number of fused-ring (bicyclic) bond motifs is 1. The van der Waals surface area contributed by atoms with Gasteiger partial charge in [0.05, 0.1) is 34.5 Å². The fourth-order valence-corrected chi connectivity index (χ4v) is 2.98. The number of H-pyrrole nitrogens is 1. The third-order valence-corrected chi connectivity index (χ3v) is 3.78. The van der Waals surface area contributed by atoms with Crippen LogP contribution in [0.3, 0.4) is 0 Å². The second kappa shape index (κ2) is 4.47. The molecule has 0 atom stereocenters. The number of hydrogen-bond donors (Lipinski definition) is 2. The number of nitrogens with zero attached hydrogens (tertiary/aromatic N) is 2. The van der Waals surface area contributed by atoms with Crippen LogP contribution in [0.15, 0.2) is 24.5 Å². The summed E-state index contributed by atoms with van der Waals surface area (Å²) in [6, 6.07) is 5.77. The SMILES string of the molecule is Cc1nc(-c2ccc3nc[nH]c3c2)c(CC(=O)O)s1. The summed E-state index contributed by atoms with van der Waals surface area (Å²) < 4.78 is 0. The van der Waals surface area contributed by atoms with E-state index in [2.05, 4.69) is 15.0 Å². The normalized spacial score (nSPS) is 11.0. The number of aryl methyl sites for hydroxylation is 1. The molecule has 5 nitrogen and oxygen atoms in total. The number of carbonyl (C=O) groups is 1. The first-order valence-electron chi connectivity index (χ1n) is 5.75. The van der Waals surface area contributed by atoms with E-state index in [1.54, 1.807) is 6.33 Å². The van der Waals surface area contributed by atoms with Gasteiger partial charge in [0, 0.05) is 10.4 Å². The molecule has 0 aliphatic carbocycles. The quantitative estimate of drug-likeness (QED) is 0.768. The maximum absolute atomic E-state index is 10.9. The summed E-state index contributed by atoms with van der Waals surface area (Å²) in [5.41, 5.74) is 3.47. The number of hydrogen-bond acceptors (Lipinski definition) is 4. The van der Waals surface area contributed by atoms with Gasteiger partial charge < -0.3 is 10.1 Å². The molecular weight excluding hydrogens is 262 g/mol. The molecule has 3 rings (SSSR count). The summed E-state index contributed by atoms with van der Waals surface area (Å²) in [6.07, 6.45) is 1.64. The van der Waals surface area contributed by atoms with Gasteiger partial charge in [-0.1, -0.05) is 6.07 Å². The van der Waals surface area contributed by atoms with E-state index in [1.807, 2.05) is 25.1 Å². The zero-order valence-corrected chi connectivity index (χ0v) is 11.0. The van der Waals surface area contributed by atoms with Crippen LogP contribution in [0.25, 0.3) is 22.3 Å². The molecule has 6 heteroatoms. The van der Waals surface area contributed by atoms with E-state index in [0.29, 0.717) is 0 Å². The highest BCUT2D eigenvalue weighted by molar-refractivity contribution is 7.12. The molecule has 0 bridgehead atoms. The van der Waals surface area contributed by atoms with E-state index in [0.717, 1.165) is 32.2 Å². The summed E-state index contributed by atoms with van der Waals surface area (Å²) in [6.45, 7) is 1.88. The number of carboxylic acids is 1. The fraction of sp³-hybridized carbons (Fsp3) is 0.154. The van der Waals surface area contributed by atoms with Crippen LogP contribution in [0.4, 0.5) is 0 Å². The highest BCUT2D eigenvalue weighted by Crippen LogP contribution is 2.30. The van der Waals surface area contributed by atoms with Crippen molar-refractivity contribution in [3.8, 4) is 11.3 Å². The minimum Gasteiger partial charge on any atom is -0.481 e. The molecule has 3 aromatic rings. The Balaban J connectivity index is 2.11. The van der Waals surface area contributed by atoms with Gasteiger partial charge in [-0.3, -0.25) is 4.79 Å². The lowest BCUT2D eigenvalue weighted by atomic mass is 10.1. The number of carboxylic acid groups (broad SMARTS) is 1. The van der Waals surface area contributed by atoms with E-state index in [1.165, 1.54) is 11.3 Å². The van der Waals surface area contributed by atoms with Gasteiger partial charge in [-0.05, 0) is 19.1 Å². The Hall–Kier alpha value is -2.21. The summed E-state index contributed by atoms with van der Waals surface area (Å²) in [5.74, 6) is -0.840. The van der Waals surface area contributed by atoms with E-state index in [-0.39, 0.29) is 6.42 Å². The van der Waals surface area contributed by atoms with E-state index in [4.69, 9.17) is 5.11 Å². The smallest absolute Gasteiger partial charge is 0.308 e. The Morgan fingerprint density at radius 2 is 2.32 bits per heavy atom. The Morgan fingerprint density at radius 3 is 3.11 bits per heavy atom. The van der Waals surface area contributed by atoms with Crippen molar-refractivity contribution >= 4 is 28.3 Å². The number of thiazole rings is 1. The van der Waals surface area contributed by atoms with Crippen molar-refractivity contribution in [1.29, 1.82) is 0 Å². The molecule has 2 aromatic heterocycles. The minimum absolute atomic E-state index is 0.00184. The molecule has 0 saturated heterocycles. The van der Waals surface area contributed by atoms with Crippen LogP contribution in [0.5, 0.6) is 0 Å². The summed E-state index contributed by atoms with van der Waals surface area (Å²) in [5, 5.41) is 9.82. The van der Waals surface area contributed by atoms with Crippen molar-refractivity contribution in [1.82, 2.24) is 15.0 Å². The fourth-order valence-electron chi connectivity index (χ4n) is 2.03. The molecule has 0 radical (unpaired) electrons. The van der Waals surface area contributed by atoms with Crippen molar-refractivity contribution in [3.63, 3.8) is 0 Å². The predicted octanol–water partition coefficient (Wildman–Crippen LogP) is 2.62. The predicted molar refractivity (Wildman–Crippen MR) is 73.3 cm³/mol. The van der Waals surface area contributed by atoms with Crippen LogP contribution in [0.1, 0.15) is 9.88 Å². The van der Waals surface area contributed by atoms with Gasteiger partial charge in [0.25, 0.3) is 0 Å². The maximum atomic E-state index is 10.9. The van der Waals surface area contributed by atoms with Crippen LogP contribution >= 0.6 is 11.3 Å². The highest BCUT2D eigenvalue weighted by atomic mass is 32.1. The number of rotatable bonds is 3. The number of aliphatic carboxylic acids is 1. The average molecular weight is 273 g/mol. The Bertz CT molecular complexity index is 760. The van der Waals surface area contributed by atoms with Gasteiger partial charge in [0.15, 0.2) is 0 Å². The van der Waals surface area contributed by atoms with E-state index in [9.17, 15) is 4.79 Å². The monoisotopic (exact) mass is 273 g/mol. The maximum Gasteiger partial charge on any atom is 0.308 e. The molecule has 2 N–H and O–H groups in total. The minimum atomic E-state index is -0.840. The number of aromatic nitrogens is 3. The second-order valence-electron chi connectivity index (χ2n) is 4.21. The van der Waals surface area contributed by atoms with Crippen molar-refractivity contribution in [2.75, 3.05) is 0 Å².